The number of hydrogen-bond donors (Lipinski definition) is 0. The first-order chi connectivity index (χ1) is 6.74. The Morgan fingerprint density at radius 2 is 2.14 bits per heavy atom. The predicted octanol–water partition coefficient (Wildman–Crippen LogP) is 3.26. The van der Waals surface area contributed by atoms with Crippen molar-refractivity contribution >= 4 is 29.5 Å². The highest BCUT2D eigenvalue weighted by atomic mass is 35.5. The number of hydrogen-bond acceptors (Lipinski definition) is 2. The number of benzene rings is 1. The van der Waals surface area contributed by atoms with Crippen LogP contribution >= 0.6 is 23.2 Å². The van der Waals surface area contributed by atoms with E-state index in [2.05, 4.69) is 0 Å². The van der Waals surface area contributed by atoms with Gasteiger partial charge in [0.05, 0.1) is 11.6 Å². The Morgan fingerprint density at radius 3 is 2.79 bits per heavy atom. The second kappa shape index (κ2) is 5.89. The smallest absolute Gasteiger partial charge is 0.198 e. The van der Waals surface area contributed by atoms with Crippen LogP contribution in [0.1, 0.15) is 12.8 Å². The Bertz CT molecular complexity index is 313. The summed E-state index contributed by atoms with van der Waals surface area (Å²) in [7, 11) is 0. The van der Waals surface area contributed by atoms with Crippen LogP contribution in [-0.4, -0.2) is 12.9 Å². The van der Waals surface area contributed by atoms with Crippen molar-refractivity contribution in [2.24, 2.45) is 0 Å². The summed E-state index contributed by atoms with van der Waals surface area (Å²) in [6, 6.07) is 5.02. The fourth-order valence-electron chi connectivity index (χ4n) is 0.919. The number of carbonyl (C=O) groups excluding carboxylic acids is 1. The van der Waals surface area contributed by atoms with Gasteiger partial charge in [-0.15, -0.1) is 0 Å². The summed E-state index contributed by atoms with van der Waals surface area (Å²) in [5.74, 6) is 0.585. The molecular formula is C10H9Cl2O2. The van der Waals surface area contributed by atoms with E-state index in [1.807, 2.05) is 0 Å². The molecule has 0 aliphatic carbocycles. The molecule has 1 aromatic rings. The summed E-state index contributed by atoms with van der Waals surface area (Å²) in [5, 5.41) is 1.05. The summed E-state index contributed by atoms with van der Waals surface area (Å²) in [6.45, 7) is 0.455. The molecule has 0 amide bonds. The quantitative estimate of drug-likeness (QED) is 0.728. The number of halogens is 2. The van der Waals surface area contributed by atoms with Gasteiger partial charge in [-0.1, -0.05) is 23.2 Å². The normalized spacial score (nSPS) is 9.86. The summed E-state index contributed by atoms with van der Waals surface area (Å²) >= 11 is 11.6. The minimum Gasteiger partial charge on any atom is -0.492 e. The molecule has 0 fully saturated rings. The van der Waals surface area contributed by atoms with Crippen molar-refractivity contribution in [1.29, 1.82) is 0 Å². The highest BCUT2D eigenvalue weighted by Gasteiger charge is 2.01. The van der Waals surface area contributed by atoms with Gasteiger partial charge in [0, 0.05) is 11.4 Å². The Hall–Kier alpha value is -0.730. The summed E-state index contributed by atoms with van der Waals surface area (Å²) in [4.78, 5) is 9.90. The third-order valence-electron chi connectivity index (χ3n) is 1.57. The van der Waals surface area contributed by atoms with Crippen molar-refractivity contribution in [3.05, 3.63) is 28.2 Å². The molecule has 0 saturated carbocycles. The van der Waals surface area contributed by atoms with Crippen LogP contribution in [0, 0.1) is 0 Å². The van der Waals surface area contributed by atoms with Gasteiger partial charge in [0.25, 0.3) is 0 Å². The first-order valence-electron chi connectivity index (χ1n) is 4.17. The van der Waals surface area contributed by atoms with Crippen LogP contribution in [0.4, 0.5) is 0 Å². The van der Waals surface area contributed by atoms with Gasteiger partial charge in [-0.3, -0.25) is 4.79 Å². The van der Waals surface area contributed by atoms with E-state index in [1.165, 1.54) is 0 Å². The molecule has 0 aliphatic rings. The topological polar surface area (TPSA) is 26.3 Å². The second-order valence-corrected chi connectivity index (χ2v) is 3.51. The molecule has 0 saturated heterocycles. The Labute approximate surface area is 92.8 Å². The van der Waals surface area contributed by atoms with Gasteiger partial charge in [0.15, 0.2) is 6.29 Å². The zero-order valence-corrected chi connectivity index (χ0v) is 8.94. The summed E-state index contributed by atoms with van der Waals surface area (Å²) < 4.78 is 5.32. The van der Waals surface area contributed by atoms with E-state index in [0.29, 0.717) is 35.2 Å². The lowest BCUT2D eigenvalue weighted by Crippen LogP contribution is -1.97. The SMILES string of the molecule is O=[C]CCCOc1ccc(Cl)cc1Cl. The maximum Gasteiger partial charge on any atom is 0.198 e. The maximum atomic E-state index is 9.90. The van der Waals surface area contributed by atoms with Gasteiger partial charge < -0.3 is 4.74 Å². The summed E-state index contributed by atoms with van der Waals surface area (Å²) in [6.07, 6.45) is 2.82. The van der Waals surface area contributed by atoms with E-state index in [-0.39, 0.29) is 0 Å². The lowest BCUT2D eigenvalue weighted by molar-refractivity contribution is 0.313. The third kappa shape index (κ3) is 3.56. The molecule has 0 unspecified atom stereocenters. The van der Waals surface area contributed by atoms with E-state index >= 15 is 0 Å². The predicted molar refractivity (Wildman–Crippen MR) is 56.9 cm³/mol. The molecule has 0 N–H and O–H groups in total. The lowest BCUT2D eigenvalue weighted by Gasteiger charge is -2.06. The standard InChI is InChI=1S/C10H9Cl2O2/c11-8-3-4-10(9(12)7-8)14-6-2-1-5-13/h3-4,7H,1-2,6H2. The van der Waals surface area contributed by atoms with E-state index in [0.717, 1.165) is 0 Å². The van der Waals surface area contributed by atoms with E-state index in [4.69, 9.17) is 27.9 Å². The molecule has 0 atom stereocenters. The van der Waals surface area contributed by atoms with E-state index in [1.54, 1.807) is 24.5 Å². The first kappa shape index (κ1) is 11.3. The molecule has 1 radical (unpaired) electrons. The molecule has 0 aliphatic heterocycles. The lowest BCUT2D eigenvalue weighted by atomic mass is 10.3. The number of ether oxygens (including phenoxy) is 1. The Kier molecular flexibility index (Phi) is 4.77. The van der Waals surface area contributed by atoms with E-state index in [9.17, 15) is 4.79 Å². The highest BCUT2D eigenvalue weighted by Crippen LogP contribution is 2.27. The van der Waals surface area contributed by atoms with Crippen molar-refractivity contribution in [1.82, 2.24) is 0 Å². The average molecular weight is 232 g/mol. The monoisotopic (exact) mass is 231 g/mol. The summed E-state index contributed by atoms with van der Waals surface area (Å²) in [5.41, 5.74) is 0. The van der Waals surface area contributed by atoms with Gasteiger partial charge in [0.2, 0.25) is 0 Å². The van der Waals surface area contributed by atoms with Crippen molar-refractivity contribution in [2.45, 2.75) is 12.8 Å². The fourth-order valence-corrected chi connectivity index (χ4v) is 1.38. The molecule has 75 valence electrons. The minimum absolute atomic E-state index is 0.380. The average Bonchev–Trinajstić information content (AvgIpc) is 2.15. The van der Waals surface area contributed by atoms with Crippen LogP contribution in [0.5, 0.6) is 5.75 Å². The largest absolute Gasteiger partial charge is 0.492 e. The Morgan fingerprint density at radius 1 is 1.36 bits per heavy atom. The number of unbranched alkanes of at least 4 members (excludes halogenated alkanes) is 1. The van der Waals surface area contributed by atoms with Gasteiger partial charge in [-0.2, -0.15) is 0 Å². The van der Waals surface area contributed by atoms with E-state index < -0.39 is 0 Å². The van der Waals surface area contributed by atoms with Crippen LogP contribution in [0.2, 0.25) is 10.0 Å². The van der Waals surface area contributed by atoms with Crippen molar-refractivity contribution < 1.29 is 9.53 Å². The molecule has 14 heavy (non-hydrogen) atoms. The van der Waals surface area contributed by atoms with Crippen molar-refractivity contribution in [2.75, 3.05) is 6.61 Å². The van der Waals surface area contributed by atoms with Gasteiger partial charge >= 0.3 is 0 Å². The first-order valence-corrected chi connectivity index (χ1v) is 4.92. The highest BCUT2D eigenvalue weighted by molar-refractivity contribution is 6.35. The zero-order chi connectivity index (χ0) is 10.4. The third-order valence-corrected chi connectivity index (χ3v) is 2.11. The van der Waals surface area contributed by atoms with Crippen LogP contribution < -0.4 is 4.74 Å². The molecule has 0 heterocycles. The molecular weight excluding hydrogens is 223 g/mol. The molecule has 2 nitrogen and oxygen atoms in total. The maximum absolute atomic E-state index is 9.90. The van der Waals surface area contributed by atoms with Crippen LogP contribution in [-0.2, 0) is 4.79 Å². The van der Waals surface area contributed by atoms with Gasteiger partial charge in [-0.05, 0) is 24.6 Å². The molecule has 0 aromatic heterocycles. The van der Waals surface area contributed by atoms with Crippen molar-refractivity contribution in [3.8, 4) is 5.75 Å². The van der Waals surface area contributed by atoms with Crippen LogP contribution in [0.25, 0.3) is 0 Å². The molecule has 0 spiro atoms. The Balaban J connectivity index is 2.46. The minimum atomic E-state index is 0.380. The molecule has 0 bridgehead atoms. The van der Waals surface area contributed by atoms with Crippen LogP contribution in [0.15, 0.2) is 18.2 Å². The molecule has 1 aromatic carbocycles. The van der Waals surface area contributed by atoms with Crippen LogP contribution in [0.3, 0.4) is 0 Å². The zero-order valence-electron chi connectivity index (χ0n) is 7.43. The molecule has 1 rings (SSSR count). The number of rotatable bonds is 5. The van der Waals surface area contributed by atoms with Crippen molar-refractivity contribution in [3.63, 3.8) is 0 Å². The second-order valence-electron chi connectivity index (χ2n) is 2.67. The fraction of sp³-hybridized carbons (Fsp3) is 0.300. The molecule has 4 heteroatoms. The van der Waals surface area contributed by atoms with Gasteiger partial charge in [0.1, 0.15) is 5.75 Å². The van der Waals surface area contributed by atoms with Gasteiger partial charge in [-0.25, -0.2) is 0 Å².